The molecule has 358 valence electrons. The van der Waals surface area contributed by atoms with Crippen LogP contribution in [0.4, 0.5) is 0 Å². The van der Waals surface area contributed by atoms with E-state index in [-0.39, 0.29) is 31.1 Å². The van der Waals surface area contributed by atoms with Crippen LogP contribution in [-0.4, -0.2) is 37.2 Å². The molecule has 1 unspecified atom stereocenters. The summed E-state index contributed by atoms with van der Waals surface area (Å²) in [5.41, 5.74) is 0. The fourth-order valence-electron chi connectivity index (χ4n) is 6.80. The lowest BCUT2D eigenvalue weighted by Crippen LogP contribution is -2.30. The molecular weight excluding hydrogens is 781 g/mol. The van der Waals surface area contributed by atoms with E-state index < -0.39 is 6.10 Å². The van der Waals surface area contributed by atoms with E-state index in [0.717, 1.165) is 122 Å². The molecule has 6 nitrogen and oxygen atoms in total. The van der Waals surface area contributed by atoms with Crippen LogP contribution in [0.15, 0.2) is 97.2 Å². The minimum Gasteiger partial charge on any atom is -0.462 e. The highest BCUT2D eigenvalue weighted by Gasteiger charge is 2.19. The zero-order valence-corrected chi connectivity index (χ0v) is 40.8. The lowest BCUT2D eigenvalue weighted by atomic mass is 10.1. The number of rotatable bonds is 45. The molecule has 0 radical (unpaired) electrons. The van der Waals surface area contributed by atoms with Crippen molar-refractivity contribution < 1.29 is 28.6 Å². The summed E-state index contributed by atoms with van der Waals surface area (Å²) in [5.74, 6) is -0.964. The SMILES string of the molecule is CC\C=C/C=C\C=C/CCCCCCCC(=O)OCC(COC(=O)CCCCCCC\C=C/C=C\C=C/C=C\CCCCC)OC(=O)CCCCC/C=C\CCCCCCCCC. The van der Waals surface area contributed by atoms with Crippen molar-refractivity contribution in [2.24, 2.45) is 0 Å². The fraction of sp³-hybridized carbons (Fsp3) is 0.667. The van der Waals surface area contributed by atoms with Gasteiger partial charge in [-0.05, 0) is 89.9 Å². The third kappa shape index (κ3) is 49.2. The number of carbonyl (C=O) groups is 3. The summed E-state index contributed by atoms with van der Waals surface area (Å²) in [6, 6.07) is 0. The van der Waals surface area contributed by atoms with E-state index >= 15 is 0 Å². The van der Waals surface area contributed by atoms with E-state index in [1.165, 1.54) is 64.2 Å². The van der Waals surface area contributed by atoms with Gasteiger partial charge < -0.3 is 14.2 Å². The Balaban J connectivity index is 4.49. The molecule has 0 N–H and O–H groups in total. The van der Waals surface area contributed by atoms with Crippen LogP contribution in [0.1, 0.15) is 226 Å². The van der Waals surface area contributed by atoms with Gasteiger partial charge in [0.05, 0.1) is 0 Å². The van der Waals surface area contributed by atoms with Crippen molar-refractivity contribution in [3.05, 3.63) is 97.2 Å². The third-order valence-electron chi connectivity index (χ3n) is 10.7. The summed E-state index contributed by atoms with van der Waals surface area (Å²) < 4.78 is 16.7. The molecule has 0 bridgehead atoms. The van der Waals surface area contributed by atoms with Crippen LogP contribution in [0.25, 0.3) is 0 Å². The van der Waals surface area contributed by atoms with Crippen molar-refractivity contribution >= 4 is 17.9 Å². The Kier molecular flexibility index (Phi) is 48.0. The number of carbonyl (C=O) groups excluding carboxylic acids is 3. The van der Waals surface area contributed by atoms with Crippen molar-refractivity contribution in [2.45, 2.75) is 232 Å². The maximum Gasteiger partial charge on any atom is 0.306 e. The molecule has 0 aromatic rings. The summed E-state index contributed by atoms with van der Waals surface area (Å²) in [7, 11) is 0. The second kappa shape index (κ2) is 51.0. The van der Waals surface area contributed by atoms with Crippen LogP contribution in [-0.2, 0) is 28.6 Å². The highest BCUT2D eigenvalue weighted by molar-refractivity contribution is 5.71. The molecular formula is C57H94O6. The van der Waals surface area contributed by atoms with Crippen LogP contribution < -0.4 is 0 Å². The first kappa shape index (κ1) is 59.3. The topological polar surface area (TPSA) is 78.9 Å². The summed E-state index contributed by atoms with van der Waals surface area (Å²) in [5, 5.41) is 0. The summed E-state index contributed by atoms with van der Waals surface area (Å²) >= 11 is 0. The van der Waals surface area contributed by atoms with Gasteiger partial charge in [0.2, 0.25) is 0 Å². The van der Waals surface area contributed by atoms with Gasteiger partial charge in [0, 0.05) is 19.3 Å². The highest BCUT2D eigenvalue weighted by Crippen LogP contribution is 2.13. The molecule has 0 aliphatic heterocycles. The van der Waals surface area contributed by atoms with Gasteiger partial charge in [-0.3, -0.25) is 14.4 Å². The number of hydrogen-bond donors (Lipinski definition) is 0. The van der Waals surface area contributed by atoms with Gasteiger partial charge >= 0.3 is 17.9 Å². The highest BCUT2D eigenvalue weighted by atomic mass is 16.6. The van der Waals surface area contributed by atoms with Crippen LogP contribution in [0, 0.1) is 0 Å². The van der Waals surface area contributed by atoms with Crippen LogP contribution >= 0.6 is 0 Å². The molecule has 0 aliphatic rings. The Morgan fingerprint density at radius 3 is 1.06 bits per heavy atom. The van der Waals surface area contributed by atoms with Crippen LogP contribution in [0.3, 0.4) is 0 Å². The van der Waals surface area contributed by atoms with E-state index in [2.05, 4.69) is 118 Å². The first-order valence-electron chi connectivity index (χ1n) is 25.8. The Labute approximate surface area is 387 Å². The Hall–Kier alpha value is -3.67. The molecule has 1 atom stereocenters. The Morgan fingerprint density at radius 1 is 0.333 bits per heavy atom. The average molecular weight is 875 g/mol. The molecule has 0 rings (SSSR count). The van der Waals surface area contributed by atoms with Crippen LogP contribution in [0.5, 0.6) is 0 Å². The second-order valence-electron chi connectivity index (χ2n) is 16.8. The maximum absolute atomic E-state index is 12.8. The monoisotopic (exact) mass is 875 g/mol. The van der Waals surface area contributed by atoms with Gasteiger partial charge in [0.25, 0.3) is 0 Å². The van der Waals surface area contributed by atoms with Gasteiger partial charge in [-0.25, -0.2) is 0 Å². The van der Waals surface area contributed by atoms with Gasteiger partial charge in [-0.2, -0.15) is 0 Å². The van der Waals surface area contributed by atoms with Gasteiger partial charge in [0.1, 0.15) is 13.2 Å². The van der Waals surface area contributed by atoms with Crippen molar-refractivity contribution in [2.75, 3.05) is 13.2 Å². The summed E-state index contributed by atoms with van der Waals surface area (Å²) in [6.45, 7) is 6.40. The van der Waals surface area contributed by atoms with Gasteiger partial charge in [-0.15, -0.1) is 0 Å². The van der Waals surface area contributed by atoms with E-state index in [4.69, 9.17) is 14.2 Å². The molecule has 0 heterocycles. The van der Waals surface area contributed by atoms with E-state index in [0.29, 0.717) is 19.3 Å². The first-order valence-corrected chi connectivity index (χ1v) is 25.8. The molecule has 6 heteroatoms. The molecule has 0 aliphatic carbocycles. The largest absolute Gasteiger partial charge is 0.462 e. The minimum absolute atomic E-state index is 0.103. The molecule has 0 saturated heterocycles. The third-order valence-corrected chi connectivity index (χ3v) is 10.7. The maximum atomic E-state index is 12.8. The molecule has 0 amide bonds. The number of esters is 3. The predicted molar refractivity (Wildman–Crippen MR) is 270 cm³/mol. The lowest BCUT2D eigenvalue weighted by molar-refractivity contribution is -0.167. The van der Waals surface area contributed by atoms with Crippen molar-refractivity contribution in [1.82, 2.24) is 0 Å². The number of ether oxygens (including phenoxy) is 3. The predicted octanol–water partition coefficient (Wildman–Crippen LogP) is 17.0. The van der Waals surface area contributed by atoms with Gasteiger partial charge in [-0.1, -0.05) is 214 Å². The molecule has 0 fully saturated rings. The van der Waals surface area contributed by atoms with Crippen molar-refractivity contribution in [1.29, 1.82) is 0 Å². The Morgan fingerprint density at radius 2 is 0.635 bits per heavy atom. The molecule has 0 saturated carbocycles. The zero-order chi connectivity index (χ0) is 45.8. The minimum atomic E-state index is -0.804. The fourth-order valence-corrected chi connectivity index (χ4v) is 6.80. The standard InChI is InChI=1S/C57H94O6/c1-4-7-10-13-16-19-22-25-27-28-29-30-33-35-38-41-44-47-50-56(59)62-53-54(52-61-55(58)49-46-43-40-37-34-31-24-21-18-15-12-9-6-3)63-57(60)51-48-45-42-39-36-32-26-23-20-17-14-11-8-5-2/h9,12,15-16,18-19,21-22,24-25,27-30,32,36,54H,4-8,10-11,13-14,17,20,23,26,31,33-35,37-53H2,1-3H3/b12-9-,18-15-,19-16-,24-21-,25-22-,28-27-,30-29-,36-32-. The van der Waals surface area contributed by atoms with Crippen molar-refractivity contribution in [3.8, 4) is 0 Å². The summed E-state index contributed by atoms with van der Waals surface area (Å²) in [4.78, 5) is 38.0. The second-order valence-corrected chi connectivity index (χ2v) is 16.8. The first-order chi connectivity index (χ1) is 31.0. The normalized spacial score (nSPS) is 12.9. The van der Waals surface area contributed by atoms with Gasteiger partial charge in [0.15, 0.2) is 6.10 Å². The molecule has 0 aromatic carbocycles. The molecule has 0 spiro atoms. The number of allylic oxidation sites excluding steroid dienone is 16. The van der Waals surface area contributed by atoms with E-state index in [1.807, 2.05) is 0 Å². The molecule has 63 heavy (non-hydrogen) atoms. The number of unbranched alkanes of at least 4 members (excludes halogenated alkanes) is 23. The zero-order valence-electron chi connectivity index (χ0n) is 40.8. The summed E-state index contributed by atoms with van der Waals surface area (Å²) in [6.07, 6.45) is 66.7. The average Bonchev–Trinajstić information content (AvgIpc) is 3.28. The Bertz CT molecular complexity index is 1280. The lowest BCUT2D eigenvalue weighted by Gasteiger charge is -2.18. The number of hydrogen-bond acceptors (Lipinski definition) is 6. The van der Waals surface area contributed by atoms with Crippen LogP contribution in [0.2, 0.25) is 0 Å². The quantitative estimate of drug-likeness (QED) is 0.0199. The van der Waals surface area contributed by atoms with Crippen molar-refractivity contribution in [3.63, 3.8) is 0 Å². The molecule has 0 aromatic heterocycles. The van der Waals surface area contributed by atoms with E-state index in [9.17, 15) is 14.4 Å². The van der Waals surface area contributed by atoms with E-state index in [1.54, 1.807) is 0 Å². The smallest absolute Gasteiger partial charge is 0.306 e.